The van der Waals surface area contributed by atoms with Crippen LogP contribution in [0, 0.1) is 0 Å². The van der Waals surface area contributed by atoms with Gasteiger partial charge in [0.2, 0.25) is 0 Å². The van der Waals surface area contributed by atoms with Gasteiger partial charge in [-0.15, -0.1) is 0 Å². The molecule has 1 aromatic rings. The highest BCUT2D eigenvalue weighted by Gasteiger charge is 2.47. The minimum atomic E-state index is -2.98. The Morgan fingerprint density at radius 3 is 2.95 bits per heavy atom. The van der Waals surface area contributed by atoms with Crippen molar-refractivity contribution in [2.75, 3.05) is 23.5 Å². The van der Waals surface area contributed by atoms with Crippen molar-refractivity contribution >= 4 is 32.9 Å². The lowest BCUT2D eigenvalue weighted by Gasteiger charge is -2.23. The lowest BCUT2D eigenvalue weighted by atomic mass is 10.1. The summed E-state index contributed by atoms with van der Waals surface area (Å²) in [5, 5.41) is 3.68. The first-order valence-electron chi connectivity index (χ1n) is 5.94. The molecule has 0 radical (unpaired) electrons. The molecular formula is C12H14N2O3S2. The summed E-state index contributed by atoms with van der Waals surface area (Å²) >= 11 is 5.31. The van der Waals surface area contributed by atoms with E-state index in [1.807, 2.05) is 29.2 Å². The molecule has 0 amide bonds. The number of methoxy groups -OCH3 is 1. The second-order valence-corrected chi connectivity index (χ2v) is 7.31. The highest BCUT2D eigenvalue weighted by atomic mass is 32.2. The number of hydrogen-bond acceptors (Lipinski definition) is 4. The minimum absolute atomic E-state index is 0.108. The normalized spacial score (nSPS) is 28.1. The first-order valence-corrected chi connectivity index (χ1v) is 8.17. The van der Waals surface area contributed by atoms with E-state index in [2.05, 4.69) is 5.32 Å². The number of sulfone groups is 1. The maximum Gasteiger partial charge on any atom is 0.174 e. The molecular weight excluding hydrogens is 284 g/mol. The van der Waals surface area contributed by atoms with E-state index in [4.69, 9.17) is 17.0 Å². The van der Waals surface area contributed by atoms with Crippen molar-refractivity contribution in [2.24, 2.45) is 0 Å². The predicted octanol–water partition coefficient (Wildman–Crippen LogP) is 0.555. The highest BCUT2D eigenvalue weighted by Crippen LogP contribution is 2.31. The molecule has 0 bridgehead atoms. The minimum Gasteiger partial charge on any atom is -0.497 e. The van der Waals surface area contributed by atoms with Crippen LogP contribution in [0.3, 0.4) is 0 Å². The number of nitrogens with one attached hydrogen (secondary N) is 1. The number of nitrogens with zero attached hydrogens (tertiary/aromatic N) is 1. The third kappa shape index (κ3) is 2.17. The molecule has 19 heavy (non-hydrogen) atoms. The molecule has 2 aliphatic heterocycles. The summed E-state index contributed by atoms with van der Waals surface area (Å²) < 4.78 is 28.6. The van der Waals surface area contributed by atoms with E-state index in [-0.39, 0.29) is 23.6 Å². The van der Waals surface area contributed by atoms with Gasteiger partial charge in [0.05, 0.1) is 30.7 Å². The molecule has 102 valence electrons. The SMILES string of the molecule is COc1cccc(N2C(=S)N[C@H]3CS(=O)(=O)C[C@H]32)c1. The average molecular weight is 298 g/mol. The van der Waals surface area contributed by atoms with E-state index < -0.39 is 9.84 Å². The predicted molar refractivity (Wildman–Crippen MR) is 77.4 cm³/mol. The molecule has 1 aromatic carbocycles. The first kappa shape index (κ1) is 12.7. The number of hydrogen-bond donors (Lipinski definition) is 1. The largest absolute Gasteiger partial charge is 0.497 e. The Kier molecular flexibility index (Phi) is 2.90. The fourth-order valence-electron chi connectivity index (χ4n) is 2.67. The second kappa shape index (κ2) is 4.35. The van der Waals surface area contributed by atoms with Crippen LogP contribution >= 0.6 is 12.2 Å². The molecule has 2 fully saturated rings. The van der Waals surface area contributed by atoms with Gasteiger partial charge < -0.3 is 15.0 Å². The fraction of sp³-hybridized carbons (Fsp3) is 0.417. The van der Waals surface area contributed by atoms with E-state index in [1.54, 1.807) is 7.11 Å². The van der Waals surface area contributed by atoms with E-state index in [0.717, 1.165) is 11.4 Å². The van der Waals surface area contributed by atoms with Crippen LogP contribution in [-0.4, -0.2) is 44.2 Å². The van der Waals surface area contributed by atoms with Gasteiger partial charge in [-0.1, -0.05) is 6.07 Å². The van der Waals surface area contributed by atoms with E-state index in [9.17, 15) is 8.42 Å². The Bertz CT molecular complexity index is 630. The molecule has 3 rings (SSSR count). The van der Waals surface area contributed by atoms with Crippen molar-refractivity contribution in [3.63, 3.8) is 0 Å². The topological polar surface area (TPSA) is 58.6 Å². The zero-order valence-electron chi connectivity index (χ0n) is 10.4. The van der Waals surface area contributed by atoms with Crippen molar-refractivity contribution in [1.29, 1.82) is 0 Å². The molecule has 0 unspecified atom stereocenters. The van der Waals surface area contributed by atoms with Crippen LogP contribution in [-0.2, 0) is 9.84 Å². The quantitative estimate of drug-likeness (QED) is 0.805. The summed E-state index contributed by atoms with van der Waals surface area (Å²) in [5.41, 5.74) is 0.862. The smallest absolute Gasteiger partial charge is 0.174 e. The Hall–Kier alpha value is -1.34. The van der Waals surface area contributed by atoms with Gasteiger partial charge in [-0.25, -0.2) is 8.42 Å². The lowest BCUT2D eigenvalue weighted by Crippen LogP contribution is -2.36. The lowest BCUT2D eigenvalue weighted by molar-refractivity contribution is 0.415. The average Bonchev–Trinajstić information content (AvgIpc) is 2.79. The number of ether oxygens (including phenoxy) is 1. The maximum atomic E-state index is 11.7. The molecule has 2 saturated heterocycles. The van der Waals surface area contributed by atoms with Crippen molar-refractivity contribution in [3.8, 4) is 5.75 Å². The van der Waals surface area contributed by atoms with Gasteiger partial charge in [0.15, 0.2) is 14.9 Å². The maximum absolute atomic E-state index is 11.7. The van der Waals surface area contributed by atoms with Crippen molar-refractivity contribution in [1.82, 2.24) is 5.32 Å². The molecule has 0 saturated carbocycles. The fourth-order valence-corrected chi connectivity index (χ4v) is 4.95. The van der Waals surface area contributed by atoms with Crippen LogP contribution in [0.5, 0.6) is 5.75 Å². The number of anilines is 1. The van der Waals surface area contributed by atoms with E-state index >= 15 is 0 Å². The first-order chi connectivity index (χ1) is 9.00. The molecule has 0 aliphatic carbocycles. The van der Waals surface area contributed by atoms with Gasteiger partial charge in [0.25, 0.3) is 0 Å². The van der Waals surface area contributed by atoms with Crippen LogP contribution in [0.15, 0.2) is 24.3 Å². The molecule has 2 aliphatic rings. The van der Waals surface area contributed by atoms with Gasteiger partial charge in [0, 0.05) is 11.8 Å². The standard InChI is InChI=1S/C12H14N2O3S2/c1-17-9-4-2-3-8(5-9)14-11-7-19(15,16)6-10(11)13-12(14)18/h2-5,10-11H,6-7H2,1H3,(H,13,18)/t10-,11+/m0/s1. The Morgan fingerprint density at radius 1 is 1.42 bits per heavy atom. The second-order valence-electron chi connectivity index (χ2n) is 4.77. The van der Waals surface area contributed by atoms with Crippen LogP contribution in [0.25, 0.3) is 0 Å². The van der Waals surface area contributed by atoms with Gasteiger partial charge >= 0.3 is 0 Å². The molecule has 1 N–H and O–H groups in total. The number of rotatable bonds is 2. The monoisotopic (exact) mass is 298 g/mol. The molecule has 0 aromatic heterocycles. The van der Waals surface area contributed by atoms with Crippen molar-refractivity contribution in [3.05, 3.63) is 24.3 Å². The van der Waals surface area contributed by atoms with E-state index in [1.165, 1.54) is 0 Å². The number of thiocarbonyl (C=S) groups is 1. The van der Waals surface area contributed by atoms with E-state index in [0.29, 0.717) is 5.11 Å². The zero-order chi connectivity index (χ0) is 13.6. The summed E-state index contributed by atoms with van der Waals surface area (Å²) in [7, 11) is -1.38. The molecule has 2 atom stereocenters. The molecule has 7 heteroatoms. The summed E-state index contributed by atoms with van der Waals surface area (Å²) in [6, 6.07) is 7.26. The summed E-state index contributed by atoms with van der Waals surface area (Å²) in [6.45, 7) is 0. The summed E-state index contributed by atoms with van der Waals surface area (Å²) in [6.07, 6.45) is 0. The molecule has 2 heterocycles. The van der Waals surface area contributed by atoms with Crippen LogP contribution in [0.4, 0.5) is 5.69 Å². The van der Waals surface area contributed by atoms with Gasteiger partial charge in [-0.3, -0.25) is 0 Å². The summed E-state index contributed by atoms with van der Waals surface area (Å²) in [4.78, 5) is 1.88. The Morgan fingerprint density at radius 2 is 2.21 bits per heavy atom. The molecule has 0 spiro atoms. The third-order valence-corrected chi connectivity index (χ3v) is 5.54. The third-order valence-electron chi connectivity index (χ3n) is 3.51. The highest BCUT2D eigenvalue weighted by molar-refractivity contribution is 7.91. The van der Waals surface area contributed by atoms with Crippen LogP contribution in [0.2, 0.25) is 0 Å². The Balaban J connectivity index is 1.97. The van der Waals surface area contributed by atoms with Crippen molar-refractivity contribution in [2.45, 2.75) is 12.1 Å². The van der Waals surface area contributed by atoms with Gasteiger partial charge in [-0.05, 0) is 24.4 Å². The number of fused-ring (bicyclic) bond motifs is 1. The van der Waals surface area contributed by atoms with Crippen molar-refractivity contribution < 1.29 is 13.2 Å². The van der Waals surface area contributed by atoms with Crippen LogP contribution in [0.1, 0.15) is 0 Å². The number of benzene rings is 1. The zero-order valence-corrected chi connectivity index (χ0v) is 12.0. The van der Waals surface area contributed by atoms with Gasteiger partial charge in [0.1, 0.15) is 5.75 Å². The van der Waals surface area contributed by atoms with Crippen LogP contribution < -0.4 is 15.0 Å². The molecule has 5 nitrogen and oxygen atoms in total. The summed E-state index contributed by atoms with van der Waals surface area (Å²) in [5.74, 6) is 1.02. The Labute approximate surface area is 117 Å². The van der Waals surface area contributed by atoms with Gasteiger partial charge in [-0.2, -0.15) is 0 Å².